The Morgan fingerprint density at radius 1 is 0.419 bits per heavy atom. The molecule has 4 aromatic heterocycles. The molecule has 12 heterocycles. The number of thiazole rings is 1. The molecule has 4 unspecified atom stereocenters. The Hall–Kier alpha value is -13.6. The van der Waals surface area contributed by atoms with Crippen LogP contribution in [0.2, 0.25) is 0 Å². The van der Waals surface area contributed by atoms with Gasteiger partial charge >= 0.3 is 0 Å². The molecule has 8 aliphatic rings. The van der Waals surface area contributed by atoms with E-state index in [9.17, 15) is 67.2 Å². The Morgan fingerprint density at radius 2 is 0.716 bits per heavy atom. The van der Waals surface area contributed by atoms with Crippen LogP contribution in [-0.2, 0) is 65.3 Å². The van der Waals surface area contributed by atoms with E-state index >= 15 is 0 Å². The first-order valence-corrected chi connectivity index (χ1v) is 51.4. The summed E-state index contributed by atoms with van der Waals surface area (Å²) in [5.74, 6) is -2.62. The summed E-state index contributed by atoms with van der Waals surface area (Å²) in [6.07, 6.45) is 0.359. The van der Waals surface area contributed by atoms with Gasteiger partial charge in [0.05, 0.1) is 104 Å². The topological polar surface area (TPSA) is 384 Å². The quantitative estimate of drug-likeness (QED) is 0.0397. The van der Waals surface area contributed by atoms with E-state index in [0.717, 1.165) is 72.2 Å². The zero-order valence-electron chi connectivity index (χ0n) is 86.7. The number of carbonyl (C=O) groups is 7. The van der Waals surface area contributed by atoms with Crippen LogP contribution < -0.4 is 5.32 Å². The molecule has 0 saturated carbocycles. The van der Waals surface area contributed by atoms with E-state index in [-0.39, 0.29) is 115 Å². The van der Waals surface area contributed by atoms with Crippen molar-refractivity contribution in [2.45, 2.75) is 270 Å². The summed E-state index contributed by atoms with van der Waals surface area (Å²) in [6, 6.07) is 53.2. The number of aryl methyl sites for hydroxylation is 4. The van der Waals surface area contributed by atoms with Gasteiger partial charge in [0.25, 0.3) is 11.8 Å². The molecule has 19 rings (SSSR count). The molecular formula is C115H130F3N13O16S. The molecule has 4 fully saturated rings. The van der Waals surface area contributed by atoms with E-state index < -0.39 is 87.7 Å². The van der Waals surface area contributed by atoms with Crippen LogP contribution in [-0.4, -0.2) is 205 Å². The molecule has 0 spiro atoms. The van der Waals surface area contributed by atoms with Crippen molar-refractivity contribution in [2.24, 2.45) is 43.5 Å². The van der Waals surface area contributed by atoms with E-state index in [1.807, 2.05) is 200 Å². The van der Waals surface area contributed by atoms with Crippen LogP contribution in [0.3, 0.4) is 0 Å². The first-order valence-electron chi connectivity index (χ1n) is 50.5. The highest BCUT2D eigenvalue weighted by Crippen LogP contribution is 2.47. The van der Waals surface area contributed by atoms with E-state index in [4.69, 9.17) is 23.2 Å². The van der Waals surface area contributed by atoms with Crippen LogP contribution >= 0.6 is 11.3 Å². The first kappa shape index (κ1) is 107. The van der Waals surface area contributed by atoms with Gasteiger partial charge in [-0.15, -0.1) is 11.3 Å². The van der Waals surface area contributed by atoms with Gasteiger partial charge in [-0.3, -0.25) is 33.6 Å². The van der Waals surface area contributed by atoms with Crippen molar-refractivity contribution in [1.29, 1.82) is 0 Å². The minimum atomic E-state index is -0.912. The number of carbonyl (C=O) groups excluding carboxylic acids is 7. The molecule has 5 N–H and O–H groups in total. The van der Waals surface area contributed by atoms with Crippen LogP contribution in [0, 0.1) is 68.3 Å². The molecule has 0 radical (unpaired) electrons. The maximum Gasteiger partial charge on any atom is 0.256 e. The predicted molar refractivity (Wildman–Crippen MR) is 556 cm³/mol. The van der Waals surface area contributed by atoms with Gasteiger partial charge in [0, 0.05) is 131 Å². The molecule has 4 saturated heterocycles. The third kappa shape index (κ3) is 22.5. The molecule has 29 nitrogen and oxygen atoms in total. The van der Waals surface area contributed by atoms with Crippen LogP contribution in [0.5, 0.6) is 0 Å². The van der Waals surface area contributed by atoms with E-state index in [2.05, 4.69) is 58.2 Å². The number of oxime groups is 2. The molecule has 7 amide bonds. The van der Waals surface area contributed by atoms with Crippen LogP contribution in [0.25, 0.3) is 43.8 Å². The molecule has 11 aromatic rings. The molecule has 16 atom stereocenters. The Labute approximate surface area is 863 Å². The Kier molecular flexibility index (Phi) is 31.6. The van der Waals surface area contributed by atoms with E-state index in [1.54, 1.807) is 112 Å². The number of β-amino-alcohol motifs (C(OH)–C–C–N with tert-alkyl or cyclic N) is 4. The zero-order chi connectivity index (χ0) is 106. The highest BCUT2D eigenvalue weighted by atomic mass is 32.1. The summed E-state index contributed by atoms with van der Waals surface area (Å²) < 4.78 is 59.1. The summed E-state index contributed by atoms with van der Waals surface area (Å²) in [6.45, 7) is 34.7. The minimum absolute atomic E-state index is 0.0155. The maximum atomic E-state index is 14.3. The number of aromatic nitrogens is 4. The lowest BCUT2D eigenvalue weighted by Gasteiger charge is -2.35. The number of benzene rings is 7. The number of aliphatic imine (C=N–C) groups is 2. The highest BCUT2D eigenvalue weighted by molar-refractivity contribution is 7.13. The fraction of sp³-hybridized carbons (Fsp3) is 0.435. The van der Waals surface area contributed by atoms with Crippen molar-refractivity contribution in [3.63, 3.8) is 0 Å². The molecule has 0 aliphatic carbocycles. The SMILES string of the molecule is CC(=O)NC(C(=O)N1CC(O)CC1C1=NOC(C)(c2ccc(-c3scnc3C)cc2)C1)C(C)(C)C.Cc1cc([C@H](C(=O)N2C[C@H](O)C[C@@H]2C2=NC(=O)[C@](C)(c3ccc(-c4ccccc4F)cc3)C2)C(C)C)on1.Cc1cc([C@H](C(=O)N2C[C@H](O)C[C@H]2C2=NC(=O)[C@](C)(c3ccc(-c4ccccc4F)cc3)C2)C(C)C)on1.Cc1cc([C@H](C(=O)N2C[C@H](O)C[C@H]2C2=NO[C@](C)(c3ccc(-c4ccccc4F)cc3)C2)C(C)C)on1. The lowest BCUT2D eigenvalue weighted by molar-refractivity contribution is -0.139. The van der Waals surface area contributed by atoms with Crippen LogP contribution in [0.1, 0.15) is 228 Å². The summed E-state index contributed by atoms with van der Waals surface area (Å²) in [4.78, 5) is 126. The smallest absolute Gasteiger partial charge is 0.256 e. The third-order valence-corrected chi connectivity index (χ3v) is 30.7. The fourth-order valence-corrected chi connectivity index (χ4v) is 22.4. The lowest BCUT2D eigenvalue weighted by Crippen LogP contribution is -2.56. The van der Waals surface area contributed by atoms with Gasteiger partial charge in [-0.1, -0.05) is 240 Å². The van der Waals surface area contributed by atoms with E-state index in [0.29, 0.717) is 108 Å². The Morgan fingerprint density at radius 3 is 0.993 bits per heavy atom. The van der Waals surface area contributed by atoms with Crippen molar-refractivity contribution in [3.8, 4) is 43.8 Å². The lowest BCUT2D eigenvalue weighted by atomic mass is 9.78. The van der Waals surface area contributed by atoms with Crippen molar-refractivity contribution in [2.75, 3.05) is 26.2 Å². The van der Waals surface area contributed by atoms with Crippen molar-refractivity contribution in [3.05, 3.63) is 273 Å². The second kappa shape index (κ2) is 43.7. The monoisotopic (exact) mass is 2040 g/mol. The van der Waals surface area contributed by atoms with Gasteiger partial charge < -0.3 is 68.6 Å². The molecule has 8 aliphatic heterocycles. The number of amides is 7. The van der Waals surface area contributed by atoms with Gasteiger partial charge in [0.2, 0.25) is 29.5 Å². The van der Waals surface area contributed by atoms with Gasteiger partial charge in [-0.25, -0.2) is 28.1 Å². The number of aliphatic hydroxyl groups excluding tert-OH is 4. The van der Waals surface area contributed by atoms with Crippen molar-refractivity contribution in [1.82, 2.24) is 45.4 Å². The van der Waals surface area contributed by atoms with Crippen LogP contribution in [0.4, 0.5) is 13.2 Å². The van der Waals surface area contributed by atoms with Gasteiger partial charge in [0.1, 0.15) is 58.5 Å². The Balaban J connectivity index is 0.000000141. The molecule has 0 bridgehead atoms. The number of halogens is 3. The summed E-state index contributed by atoms with van der Waals surface area (Å²) in [5.41, 5.74) is 12.2. The number of likely N-dealkylation sites (tertiary alicyclic amines) is 4. The maximum absolute atomic E-state index is 14.3. The third-order valence-electron chi connectivity index (χ3n) is 29.8. The normalized spacial score (nSPS) is 24.5. The average Bonchev–Trinajstić information content (AvgIpc) is 1.59. The molecular weight excluding hydrogens is 1910 g/mol. The fourth-order valence-electron chi connectivity index (χ4n) is 21.6. The van der Waals surface area contributed by atoms with Gasteiger partial charge in [-0.2, -0.15) is 0 Å². The molecule has 33 heteroatoms. The number of hydrogen-bond donors (Lipinski definition) is 5. The van der Waals surface area contributed by atoms with Crippen molar-refractivity contribution < 1.29 is 90.4 Å². The number of nitrogens with zero attached hydrogens (tertiary/aromatic N) is 12. The van der Waals surface area contributed by atoms with Crippen LogP contribution in [0.15, 0.2) is 227 Å². The number of rotatable bonds is 23. The number of aliphatic hydroxyl groups is 4. The first-order chi connectivity index (χ1) is 70.2. The number of hydrogen-bond acceptors (Lipinski definition) is 23. The van der Waals surface area contributed by atoms with Gasteiger partial charge in [0.15, 0.2) is 11.2 Å². The minimum Gasteiger partial charge on any atom is -0.391 e. The largest absolute Gasteiger partial charge is 0.391 e. The second-order valence-corrected chi connectivity index (χ2v) is 44.2. The molecule has 778 valence electrons. The highest BCUT2D eigenvalue weighted by Gasteiger charge is 2.54. The Bertz CT molecular complexity index is 6660. The zero-order valence-corrected chi connectivity index (χ0v) is 87.5. The van der Waals surface area contributed by atoms with Gasteiger partial charge in [-0.05, 0) is 141 Å². The molecule has 148 heavy (non-hydrogen) atoms. The predicted octanol–water partition coefficient (Wildman–Crippen LogP) is 18.4. The average molecular weight is 2040 g/mol. The number of nitrogens with one attached hydrogen (secondary N) is 1. The second-order valence-electron chi connectivity index (χ2n) is 43.4. The summed E-state index contributed by atoms with van der Waals surface area (Å²) >= 11 is 1.62. The summed E-state index contributed by atoms with van der Waals surface area (Å²) in [5, 5.41) is 65.5. The van der Waals surface area contributed by atoms with Crippen molar-refractivity contribution >= 4 is 75.5 Å². The standard InChI is InChI=1S/2C30H32FN3O4.C29H32FN3O4.C26H34N4O4S/c2*1-17(2)27(26-13-18(3)33-38-26)28(36)34-16-21(35)14-25(34)24-15-30(4,29(37)32-24)20-11-9-19(10-12-20)22-7-5-6-8-23(22)31;1-17(2)27(26-13-18(3)31-36-26)28(35)33-16-21(34)14-25(33)24-15-29(4,37-32-24)20-11-9-19(10-12-20)22-7-5-6-8-23(22)30;1-15-22(35-14-27-15)17-7-9-18(10-8-17)26(6)12-20(29-34-26)21-11-19(32)13-30(21)24(33)23(25(3,4)5)28-16(2)31/h2*5-13,17,21,25,27,35H,14-16H2,1-4H3;5-13,17,21,25,27,34H,14-16H2,1-4H3;7-10,14,19,21,23,32H,11-13H2,1-6H3,(H,28,31)/t21-,25+,27-,30+;21-,25-,27-,30+;21-,25+,27-,29+;/m111./s1. The summed E-state index contributed by atoms with van der Waals surface area (Å²) in [7, 11) is 0. The van der Waals surface area contributed by atoms with E-state index in [1.165, 1.54) is 25.1 Å². The molecule has 7 aromatic carbocycles.